The van der Waals surface area contributed by atoms with E-state index in [2.05, 4.69) is 13.8 Å². The molecule has 6 nitrogen and oxygen atoms in total. The standard InChI is InChI=1S/C33H38O6/c1-5-10-20-16-18-26(34)22(12-7-3)28(20)33(29-21(11-6-2)17-19-27(35)23(29)13-8-4)30-24(31(36)37)14-9-15-25(30)32(38)39-33/h9,14-19,34-35H,5-8,10-13H2,1-4H3,(H,36,37). The number of aryl methyl sites for hydroxylation is 2. The highest BCUT2D eigenvalue weighted by Crippen LogP contribution is 2.55. The number of esters is 1. The lowest BCUT2D eigenvalue weighted by Gasteiger charge is -2.38. The van der Waals surface area contributed by atoms with Crippen molar-refractivity contribution in [3.63, 3.8) is 0 Å². The number of benzene rings is 3. The summed E-state index contributed by atoms with van der Waals surface area (Å²) >= 11 is 0. The molecule has 1 heterocycles. The average Bonchev–Trinajstić information content (AvgIpc) is 3.21. The van der Waals surface area contributed by atoms with Crippen molar-refractivity contribution in [1.82, 2.24) is 0 Å². The number of carboxylic acids is 1. The monoisotopic (exact) mass is 530 g/mol. The van der Waals surface area contributed by atoms with E-state index >= 15 is 0 Å². The lowest BCUT2D eigenvalue weighted by Crippen LogP contribution is -2.36. The maximum atomic E-state index is 13.7. The van der Waals surface area contributed by atoms with Crippen molar-refractivity contribution >= 4 is 11.9 Å². The summed E-state index contributed by atoms with van der Waals surface area (Å²) in [5.41, 5.74) is 3.05. The zero-order chi connectivity index (χ0) is 28.3. The highest BCUT2D eigenvalue weighted by molar-refractivity contribution is 6.02. The summed E-state index contributed by atoms with van der Waals surface area (Å²) in [5, 5.41) is 32.8. The van der Waals surface area contributed by atoms with Crippen LogP contribution >= 0.6 is 0 Å². The normalized spacial score (nSPS) is 13.8. The smallest absolute Gasteiger partial charge is 0.340 e. The fourth-order valence-electron chi connectivity index (χ4n) is 6.21. The number of phenolic OH excluding ortho intramolecular Hbond substituents is 2. The molecule has 6 heteroatoms. The van der Waals surface area contributed by atoms with Crippen LogP contribution < -0.4 is 0 Å². The van der Waals surface area contributed by atoms with Crippen LogP contribution in [0.5, 0.6) is 11.5 Å². The first-order valence-corrected chi connectivity index (χ1v) is 14.0. The number of carbonyl (C=O) groups excluding carboxylic acids is 1. The second kappa shape index (κ2) is 11.5. The molecule has 0 radical (unpaired) electrons. The van der Waals surface area contributed by atoms with Gasteiger partial charge in [0.25, 0.3) is 0 Å². The van der Waals surface area contributed by atoms with Crippen LogP contribution in [0, 0.1) is 0 Å². The summed E-state index contributed by atoms with van der Waals surface area (Å²) in [7, 11) is 0. The van der Waals surface area contributed by atoms with E-state index in [4.69, 9.17) is 4.74 Å². The minimum absolute atomic E-state index is 0.0279. The Hall–Kier alpha value is -3.80. The zero-order valence-electron chi connectivity index (χ0n) is 23.3. The number of carboxylic acid groups (broad SMARTS) is 1. The first-order chi connectivity index (χ1) is 18.8. The van der Waals surface area contributed by atoms with Gasteiger partial charge in [0.1, 0.15) is 11.5 Å². The molecule has 3 aromatic carbocycles. The number of aromatic carboxylic acids is 1. The summed E-state index contributed by atoms with van der Waals surface area (Å²) in [5.74, 6) is -1.62. The lowest BCUT2D eigenvalue weighted by molar-refractivity contribution is 0.0234. The third-order valence-corrected chi connectivity index (χ3v) is 7.60. The van der Waals surface area contributed by atoms with Gasteiger partial charge in [0, 0.05) is 27.8 Å². The summed E-state index contributed by atoms with van der Waals surface area (Å²) < 4.78 is 6.52. The number of cyclic esters (lactones) is 1. The van der Waals surface area contributed by atoms with Gasteiger partial charge >= 0.3 is 11.9 Å². The van der Waals surface area contributed by atoms with Crippen molar-refractivity contribution in [1.29, 1.82) is 0 Å². The van der Waals surface area contributed by atoms with E-state index in [0.29, 0.717) is 47.9 Å². The van der Waals surface area contributed by atoms with E-state index in [1.165, 1.54) is 6.07 Å². The second-order valence-electron chi connectivity index (χ2n) is 10.3. The Balaban J connectivity index is 2.34. The predicted molar refractivity (Wildman–Crippen MR) is 151 cm³/mol. The number of ether oxygens (including phenoxy) is 1. The first kappa shape index (κ1) is 28.2. The van der Waals surface area contributed by atoms with Crippen molar-refractivity contribution < 1.29 is 29.6 Å². The van der Waals surface area contributed by atoms with Gasteiger partial charge in [-0.1, -0.05) is 71.6 Å². The highest BCUT2D eigenvalue weighted by Gasteiger charge is 2.55. The van der Waals surface area contributed by atoms with Gasteiger partial charge < -0.3 is 20.1 Å². The Kier molecular flexibility index (Phi) is 8.34. The van der Waals surface area contributed by atoms with Crippen molar-refractivity contribution in [2.24, 2.45) is 0 Å². The molecule has 1 aliphatic heterocycles. The van der Waals surface area contributed by atoms with Gasteiger partial charge in [-0.2, -0.15) is 0 Å². The number of carbonyl (C=O) groups is 2. The molecule has 0 bridgehead atoms. The molecule has 3 aromatic rings. The number of hydrogen-bond acceptors (Lipinski definition) is 5. The van der Waals surface area contributed by atoms with Crippen molar-refractivity contribution in [3.05, 3.63) is 92.5 Å². The van der Waals surface area contributed by atoms with Gasteiger partial charge in [-0.15, -0.1) is 0 Å². The molecule has 206 valence electrons. The van der Waals surface area contributed by atoms with E-state index < -0.39 is 17.5 Å². The Morgan fingerprint density at radius 1 is 0.718 bits per heavy atom. The van der Waals surface area contributed by atoms with E-state index in [-0.39, 0.29) is 28.2 Å². The third kappa shape index (κ3) is 4.66. The predicted octanol–water partition coefficient (Wildman–Crippen LogP) is 7.07. The lowest BCUT2D eigenvalue weighted by atomic mass is 9.69. The molecule has 0 aliphatic carbocycles. The van der Waals surface area contributed by atoms with Crippen LogP contribution in [0.25, 0.3) is 0 Å². The molecule has 0 atom stereocenters. The average molecular weight is 531 g/mol. The molecule has 0 unspecified atom stereocenters. The Bertz CT molecular complexity index is 1340. The van der Waals surface area contributed by atoms with Gasteiger partial charge in [0.05, 0.1) is 11.1 Å². The van der Waals surface area contributed by atoms with Crippen molar-refractivity contribution in [2.75, 3.05) is 0 Å². The van der Waals surface area contributed by atoms with Gasteiger partial charge in [0.2, 0.25) is 0 Å². The van der Waals surface area contributed by atoms with Gasteiger partial charge in [-0.05, 0) is 61.1 Å². The second-order valence-corrected chi connectivity index (χ2v) is 10.3. The first-order valence-electron chi connectivity index (χ1n) is 14.0. The minimum Gasteiger partial charge on any atom is -0.508 e. The SMILES string of the molecule is CCCc1ccc(O)c(CCC)c1C1(c2c(CCC)ccc(O)c2CCC)OC(=O)c2cccc(C(=O)O)c21. The maximum absolute atomic E-state index is 13.7. The highest BCUT2D eigenvalue weighted by atomic mass is 16.6. The Morgan fingerprint density at radius 3 is 1.64 bits per heavy atom. The summed E-state index contributed by atoms with van der Waals surface area (Å²) in [6.45, 7) is 8.14. The quantitative estimate of drug-likeness (QED) is 0.229. The van der Waals surface area contributed by atoms with Gasteiger partial charge in [-0.25, -0.2) is 9.59 Å². The molecule has 39 heavy (non-hydrogen) atoms. The fraction of sp³-hybridized carbons (Fsp3) is 0.394. The number of phenols is 2. The molecular formula is C33H38O6. The summed E-state index contributed by atoms with van der Waals surface area (Å²) in [6.07, 6.45) is 5.33. The molecule has 0 spiro atoms. The number of aromatic hydroxyl groups is 2. The largest absolute Gasteiger partial charge is 0.508 e. The number of rotatable bonds is 11. The van der Waals surface area contributed by atoms with Crippen molar-refractivity contribution in [3.8, 4) is 11.5 Å². The van der Waals surface area contributed by atoms with Crippen LogP contribution in [-0.2, 0) is 36.0 Å². The van der Waals surface area contributed by atoms with Crippen LogP contribution in [0.2, 0.25) is 0 Å². The van der Waals surface area contributed by atoms with Crippen LogP contribution in [-0.4, -0.2) is 27.3 Å². The molecule has 0 aromatic heterocycles. The number of hydrogen-bond donors (Lipinski definition) is 3. The molecule has 1 aliphatic rings. The molecule has 0 fully saturated rings. The molecule has 4 rings (SSSR count). The minimum atomic E-state index is -1.65. The molecule has 0 saturated carbocycles. The molecule has 3 N–H and O–H groups in total. The van der Waals surface area contributed by atoms with Gasteiger partial charge in [0.15, 0.2) is 5.60 Å². The van der Waals surface area contributed by atoms with E-state index in [9.17, 15) is 24.9 Å². The van der Waals surface area contributed by atoms with Crippen LogP contribution in [0.4, 0.5) is 0 Å². The Labute approximate surface area is 230 Å². The van der Waals surface area contributed by atoms with Gasteiger partial charge in [-0.3, -0.25) is 0 Å². The fourth-order valence-corrected chi connectivity index (χ4v) is 6.21. The van der Waals surface area contributed by atoms with Crippen LogP contribution in [0.1, 0.15) is 113 Å². The molecular weight excluding hydrogens is 492 g/mol. The van der Waals surface area contributed by atoms with Crippen molar-refractivity contribution in [2.45, 2.75) is 84.7 Å². The molecule has 0 amide bonds. The van der Waals surface area contributed by atoms with E-state index in [0.717, 1.165) is 36.8 Å². The maximum Gasteiger partial charge on any atom is 0.340 e. The van der Waals surface area contributed by atoms with E-state index in [1.807, 2.05) is 26.0 Å². The van der Waals surface area contributed by atoms with Crippen LogP contribution in [0.3, 0.4) is 0 Å². The zero-order valence-corrected chi connectivity index (χ0v) is 23.3. The molecule has 0 saturated heterocycles. The summed E-state index contributed by atoms with van der Waals surface area (Å²) in [4.78, 5) is 26.4. The topological polar surface area (TPSA) is 104 Å². The van der Waals surface area contributed by atoms with E-state index in [1.54, 1.807) is 24.3 Å². The number of fused-ring (bicyclic) bond motifs is 1. The van der Waals surface area contributed by atoms with Crippen LogP contribution in [0.15, 0.2) is 42.5 Å². The third-order valence-electron chi connectivity index (χ3n) is 7.60. The summed E-state index contributed by atoms with van der Waals surface area (Å²) in [6, 6.07) is 11.7. The Morgan fingerprint density at radius 2 is 1.21 bits per heavy atom.